The van der Waals surface area contributed by atoms with E-state index in [9.17, 15) is 0 Å². The lowest BCUT2D eigenvalue weighted by Gasteiger charge is -2.11. The van der Waals surface area contributed by atoms with Crippen LogP contribution in [0.3, 0.4) is 0 Å². The van der Waals surface area contributed by atoms with Crippen LogP contribution in [-0.4, -0.2) is 22.9 Å². The summed E-state index contributed by atoms with van der Waals surface area (Å²) in [6, 6.07) is 0. The van der Waals surface area contributed by atoms with Gasteiger partial charge in [-0.25, -0.2) is 0 Å². The van der Waals surface area contributed by atoms with Crippen LogP contribution in [0.25, 0.3) is 0 Å². The smallest absolute Gasteiger partial charge is 0.402 e. The summed E-state index contributed by atoms with van der Waals surface area (Å²) < 4.78 is 4.44. The van der Waals surface area contributed by atoms with E-state index >= 15 is 0 Å². The maximum atomic E-state index is 8.28. The Morgan fingerprint density at radius 2 is 2.00 bits per heavy atom. The molecule has 0 aromatic carbocycles. The summed E-state index contributed by atoms with van der Waals surface area (Å²) in [5.41, 5.74) is -0.611. The van der Waals surface area contributed by atoms with Gasteiger partial charge in [-0.15, -0.1) is 0 Å². The molecule has 0 aromatic heterocycles. The van der Waals surface area contributed by atoms with Gasteiger partial charge in [-0.3, -0.25) is 0 Å². The summed E-state index contributed by atoms with van der Waals surface area (Å²) in [6.07, 6.45) is 0.610. The highest BCUT2D eigenvalue weighted by atomic mass is 35.5. The molecule has 1 unspecified atom stereocenters. The van der Waals surface area contributed by atoms with Crippen LogP contribution in [0.1, 0.15) is 20.3 Å². The average molecular weight is 166 g/mol. The normalized spacial score (nSPS) is 13.8. The zero-order chi connectivity index (χ0) is 8.15. The lowest BCUT2D eigenvalue weighted by atomic mass is 10.1. The van der Waals surface area contributed by atoms with Crippen LogP contribution in [0.4, 0.5) is 0 Å². The topological polar surface area (TPSA) is 49.7 Å². The molecule has 0 bridgehead atoms. The van der Waals surface area contributed by atoms with Crippen molar-refractivity contribution in [3.63, 3.8) is 0 Å². The fourth-order valence-electron chi connectivity index (χ4n) is 0.558. The zero-order valence-corrected chi connectivity index (χ0v) is 6.88. The van der Waals surface area contributed by atoms with Gasteiger partial charge in [0.25, 0.3) is 0 Å². The number of hydrogen-bond donors (Lipinski definition) is 2. The molecule has 10 heavy (non-hydrogen) atoms. The van der Waals surface area contributed by atoms with Crippen LogP contribution in [0.5, 0.6) is 0 Å². The largest absolute Gasteiger partial charge is 0.635 e. The summed E-state index contributed by atoms with van der Waals surface area (Å²) >= 11 is 5.53. The molecule has 0 aliphatic heterocycles. The molecule has 5 heteroatoms. The van der Waals surface area contributed by atoms with Crippen LogP contribution >= 0.6 is 11.6 Å². The molecule has 0 fully saturated rings. The zero-order valence-electron chi connectivity index (χ0n) is 6.12. The first kappa shape index (κ1) is 10.2. The number of rotatable bonds is 4. The van der Waals surface area contributed by atoms with Crippen molar-refractivity contribution in [2.45, 2.75) is 25.8 Å². The standard InChI is InChI=1S/C5H12BClO3/c1-4(2)3-5(7)10-6(8)9/h4-5,8-9H,3H2,1-2H3. The highest BCUT2D eigenvalue weighted by molar-refractivity contribution is 6.34. The van der Waals surface area contributed by atoms with E-state index in [0.29, 0.717) is 12.3 Å². The lowest BCUT2D eigenvalue weighted by molar-refractivity contribution is 0.152. The second-order valence-corrected chi connectivity index (χ2v) is 2.99. The average Bonchev–Trinajstić information content (AvgIpc) is 1.58. The fraction of sp³-hybridized carbons (Fsp3) is 1.00. The first-order chi connectivity index (χ1) is 4.52. The first-order valence-electron chi connectivity index (χ1n) is 3.18. The maximum absolute atomic E-state index is 8.28. The monoisotopic (exact) mass is 166 g/mol. The van der Waals surface area contributed by atoms with Crippen LogP contribution in [0, 0.1) is 5.92 Å². The molecule has 2 N–H and O–H groups in total. The first-order valence-corrected chi connectivity index (χ1v) is 3.61. The molecule has 3 nitrogen and oxygen atoms in total. The van der Waals surface area contributed by atoms with Gasteiger partial charge in [0.05, 0.1) is 0 Å². The second kappa shape index (κ2) is 4.96. The Kier molecular flexibility index (Phi) is 5.08. The van der Waals surface area contributed by atoms with Crippen molar-refractivity contribution in [2.24, 2.45) is 5.92 Å². The maximum Gasteiger partial charge on any atom is 0.635 e. The quantitative estimate of drug-likeness (QED) is 0.475. The lowest BCUT2D eigenvalue weighted by Crippen LogP contribution is -2.23. The van der Waals surface area contributed by atoms with Gasteiger partial charge in [-0.2, -0.15) is 0 Å². The molecule has 0 saturated carbocycles. The molecular formula is C5H12BClO3. The Morgan fingerprint density at radius 1 is 1.50 bits per heavy atom. The van der Waals surface area contributed by atoms with Gasteiger partial charge < -0.3 is 14.7 Å². The van der Waals surface area contributed by atoms with Gasteiger partial charge in [-0.1, -0.05) is 25.4 Å². The van der Waals surface area contributed by atoms with E-state index in [1.807, 2.05) is 13.8 Å². The van der Waals surface area contributed by atoms with E-state index < -0.39 is 12.9 Å². The highest BCUT2D eigenvalue weighted by Gasteiger charge is 2.16. The molecular weight excluding hydrogens is 154 g/mol. The molecule has 0 rings (SSSR count). The minimum absolute atomic E-state index is 0.390. The van der Waals surface area contributed by atoms with Crippen molar-refractivity contribution in [2.75, 3.05) is 0 Å². The van der Waals surface area contributed by atoms with E-state index in [0.717, 1.165) is 0 Å². The third-order valence-corrected chi connectivity index (χ3v) is 1.21. The Bertz CT molecular complexity index is 79.0. The minimum atomic E-state index is -1.76. The Morgan fingerprint density at radius 3 is 2.30 bits per heavy atom. The Balaban J connectivity index is 3.34. The minimum Gasteiger partial charge on any atom is -0.402 e. The molecule has 0 amide bonds. The molecule has 0 spiro atoms. The van der Waals surface area contributed by atoms with Crippen molar-refractivity contribution >= 4 is 18.9 Å². The molecule has 0 saturated heterocycles. The van der Waals surface area contributed by atoms with E-state index in [4.69, 9.17) is 21.6 Å². The van der Waals surface area contributed by atoms with Gasteiger partial charge in [0.2, 0.25) is 0 Å². The third-order valence-electron chi connectivity index (χ3n) is 0.926. The molecule has 0 heterocycles. The Labute approximate surface area is 66.1 Å². The van der Waals surface area contributed by atoms with Gasteiger partial charge in [0, 0.05) is 0 Å². The molecule has 60 valence electrons. The summed E-state index contributed by atoms with van der Waals surface area (Å²) in [6.45, 7) is 3.95. The van der Waals surface area contributed by atoms with Crippen molar-refractivity contribution in [1.29, 1.82) is 0 Å². The van der Waals surface area contributed by atoms with Crippen LogP contribution < -0.4 is 0 Å². The van der Waals surface area contributed by atoms with Gasteiger partial charge in [-0.05, 0) is 12.3 Å². The summed E-state index contributed by atoms with van der Waals surface area (Å²) in [7, 11) is -1.76. The predicted molar refractivity (Wildman–Crippen MR) is 40.4 cm³/mol. The number of alkyl halides is 1. The molecule has 0 aromatic rings. The van der Waals surface area contributed by atoms with E-state index in [2.05, 4.69) is 4.65 Å². The van der Waals surface area contributed by atoms with Gasteiger partial charge >= 0.3 is 7.32 Å². The summed E-state index contributed by atoms with van der Waals surface area (Å²) in [5.74, 6) is 0.390. The van der Waals surface area contributed by atoms with Crippen molar-refractivity contribution < 1.29 is 14.7 Å². The second-order valence-electron chi connectivity index (χ2n) is 2.50. The highest BCUT2D eigenvalue weighted by Crippen LogP contribution is 2.11. The van der Waals surface area contributed by atoms with Crippen molar-refractivity contribution in [3.8, 4) is 0 Å². The van der Waals surface area contributed by atoms with E-state index in [1.54, 1.807) is 0 Å². The third kappa shape index (κ3) is 6.36. The summed E-state index contributed by atoms with van der Waals surface area (Å²) in [5, 5.41) is 16.6. The molecule has 0 radical (unpaired) electrons. The van der Waals surface area contributed by atoms with Crippen LogP contribution in [-0.2, 0) is 4.65 Å². The Hall–Kier alpha value is 0.235. The van der Waals surface area contributed by atoms with E-state index in [-0.39, 0.29) is 0 Å². The number of halogens is 1. The van der Waals surface area contributed by atoms with Gasteiger partial charge in [0.1, 0.15) is 5.56 Å². The van der Waals surface area contributed by atoms with Crippen molar-refractivity contribution in [1.82, 2.24) is 0 Å². The SMILES string of the molecule is CC(C)CC(Cl)OB(O)O. The fourth-order valence-corrected chi connectivity index (χ4v) is 1.01. The van der Waals surface area contributed by atoms with Crippen LogP contribution in [0.2, 0.25) is 0 Å². The number of hydrogen-bond acceptors (Lipinski definition) is 3. The van der Waals surface area contributed by atoms with E-state index in [1.165, 1.54) is 0 Å². The van der Waals surface area contributed by atoms with Crippen molar-refractivity contribution in [3.05, 3.63) is 0 Å². The molecule has 0 aliphatic carbocycles. The molecule has 0 aliphatic rings. The van der Waals surface area contributed by atoms with Crippen LogP contribution in [0.15, 0.2) is 0 Å². The predicted octanol–water partition coefficient (Wildman–Crippen LogP) is 0.583. The molecule has 1 atom stereocenters. The summed E-state index contributed by atoms with van der Waals surface area (Å²) in [4.78, 5) is 0. The van der Waals surface area contributed by atoms with Gasteiger partial charge in [0.15, 0.2) is 0 Å².